The van der Waals surface area contributed by atoms with E-state index < -0.39 is 18.6 Å². The summed E-state index contributed by atoms with van der Waals surface area (Å²) in [7, 11) is 0. The van der Waals surface area contributed by atoms with E-state index in [9.17, 15) is 13.2 Å². The summed E-state index contributed by atoms with van der Waals surface area (Å²) in [6.07, 6.45) is -3.20. The van der Waals surface area contributed by atoms with Crippen molar-refractivity contribution in [2.45, 2.75) is 31.5 Å². The molecule has 0 aliphatic carbocycles. The Morgan fingerprint density at radius 3 is 2.67 bits per heavy atom. The lowest BCUT2D eigenvalue weighted by atomic mass is 10.1. The number of hydrogen-bond donors (Lipinski definition) is 2. The Hall–Kier alpha value is -1.01. The molecule has 3 nitrogen and oxygen atoms in total. The second-order valence-electron chi connectivity index (χ2n) is 3.30. The maximum atomic E-state index is 11.9. The molecule has 0 bridgehead atoms. The maximum absolute atomic E-state index is 11.9. The highest BCUT2D eigenvalue weighted by Gasteiger charge is 2.28. The number of hydrogen-bond acceptors (Lipinski definition) is 3. The van der Waals surface area contributed by atoms with Crippen molar-refractivity contribution >= 4 is 0 Å². The molecule has 0 aliphatic rings. The third-order valence-corrected chi connectivity index (χ3v) is 2.04. The minimum absolute atomic E-state index is 0.0549. The van der Waals surface area contributed by atoms with Crippen LogP contribution in [-0.2, 0) is 6.42 Å². The van der Waals surface area contributed by atoms with Crippen molar-refractivity contribution < 1.29 is 17.6 Å². The smallest absolute Gasteiger partial charge is 0.389 e. The summed E-state index contributed by atoms with van der Waals surface area (Å²) >= 11 is 0. The van der Waals surface area contributed by atoms with Crippen molar-refractivity contribution in [3.63, 3.8) is 0 Å². The molecule has 1 rings (SSSR count). The number of hydrazine groups is 1. The van der Waals surface area contributed by atoms with Gasteiger partial charge in [-0.15, -0.1) is 0 Å². The van der Waals surface area contributed by atoms with Crippen LogP contribution in [-0.4, -0.2) is 12.2 Å². The number of nitrogens with one attached hydrogen (secondary N) is 1. The fraction of sp³-hybridized carbons (Fsp3) is 0.556. The van der Waals surface area contributed by atoms with Crippen molar-refractivity contribution in [2.24, 2.45) is 5.84 Å². The van der Waals surface area contributed by atoms with Crippen LogP contribution in [0.5, 0.6) is 0 Å². The molecular weight excluding hydrogens is 209 g/mol. The van der Waals surface area contributed by atoms with Gasteiger partial charge in [0.15, 0.2) is 0 Å². The average molecular weight is 222 g/mol. The largest absolute Gasteiger partial charge is 0.469 e. The Kier molecular flexibility index (Phi) is 4.16. The standard InChI is InChI=1S/C9H13F3N2O/c10-9(11,12)4-3-7(14-13)6-8-2-1-5-15-8/h1-2,5,7,14H,3-4,6,13H2. The first-order valence-corrected chi connectivity index (χ1v) is 4.56. The highest BCUT2D eigenvalue weighted by molar-refractivity contribution is 5.00. The van der Waals surface area contributed by atoms with Gasteiger partial charge in [-0.3, -0.25) is 11.3 Å². The highest BCUT2D eigenvalue weighted by atomic mass is 19.4. The van der Waals surface area contributed by atoms with Gasteiger partial charge in [0.25, 0.3) is 0 Å². The van der Waals surface area contributed by atoms with Gasteiger partial charge in [0.05, 0.1) is 6.26 Å². The zero-order valence-electron chi connectivity index (χ0n) is 8.05. The van der Waals surface area contributed by atoms with Gasteiger partial charge in [0.1, 0.15) is 5.76 Å². The molecule has 0 fully saturated rings. The lowest BCUT2D eigenvalue weighted by Crippen LogP contribution is -2.37. The average Bonchev–Trinajstić information content (AvgIpc) is 2.63. The Morgan fingerprint density at radius 2 is 2.20 bits per heavy atom. The third kappa shape index (κ3) is 4.85. The molecule has 0 spiro atoms. The lowest BCUT2D eigenvalue weighted by Gasteiger charge is -2.15. The summed E-state index contributed by atoms with van der Waals surface area (Å²) in [5.74, 6) is 5.78. The molecule has 86 valence electrons. The normalized spacial score (nSPS) is 14.1. The van der Waals surface area contributed by atoms with Crippen LogP contribution in [0.2, 0.25) is 0 Å². The Morgan fingerprint density at radius 1 is 1.47 bits per heavy atom. The van der Waals surface area contributed by atoms with Gasteiger partial charge in [-0.2, -0.15) is 13.2 Å². The molecule has 1 aromatic rings. The van der Waals surface area contributed by atoms with Crippen LogP contribution < -0.4 is 11.3 Å². The van der Waals surface area contributed by atoms with Crippen molar-refractivity contribution in [1.29, 1.82) is 0 Å². The zero-order valence-corrected chi connectivity index (χ0v) is 8.05. The van der Waals surface area contributed by atoms with Gasteiger partial charge in [-0.05, 0) is 18.6 Å². The van der Waals surface area contributed by atoms with Gasteiger partial charge < -0.3 is 4.42 Å². The van der Waals surface area contributed by atoms with Crippen LogP contribution in [0.1, 0.15) is 18.6 Å². The SMILES string of the molecule is NNC(CCC(F)(F)F)Cc1ccco1. The molecule has 0 radical (unpaired) electrons. The van der Waals surface area contributed by atoms with Gasteiger partial charge >= 0.3 is 6.18 Å². The number of rotatable bonds is 5. The van der Waals surface area contributed by atoms with E-state index in [2.05, 4.69) is 5.43 Å². The summed E-state index contributed by atoms with van der Waals surface area (Å²) in [5, 5.41) is 0. The van der Waals surface area contributed by atoms with Crippen molar-refractivity contribution in [3.05, 3.63) is 24.2 Å². The number of halogens is 3. The molecule has 0 amide bonds. The van der Waals surface area contributed by atoms with Crippen LogP contribution in [0.15, 0.2) is 22.8 Å². The Labute approximate surface area is 85.4 Å². The number of alkyl halides is 3. The van der Waals surface area contributed by atoms with Gasteiger partial charge in [-0.25, -0.2) is 0 Å². The predicted molar refractivity (Wildman–Crippen MR) is 48.8 cm³/mol. The first-order chi connectivity index (χ1) is 7.01. The molecule has 0 aromatic carbocycles. The van der Waals surface area contributed by atoms with Crippen LogP contribution in [0.4, 0.5) is 13.2 Å². The van der Waals surface area contributed by atoms with Gasteiger partial charge in [0, 0.05) is 18.9 Å². The molecular formula is C9H13F3N2O. The first kappa shape index (κ1) is 12.1. The second kappa shape index (κ2) is 5.18. The monoisotopic (exact) mass is 222 g/mol. The molecule has 1 atom stereocenters. The molecule has 1 aromatic heterocycles. The van der Waals surface area contributed by atoms with Gasteiger partial charge in [0.2, 0.25) is 0 Å². The molecule has 0 aliphatic heterocycles. The molecule has 6 heteroatoms. The van der Waals surface area contributed by atoms with E-state index >= 15 is 0 Å². The topological polar surface area (TPSA) is 51.2 Å². The van der Waals surface area contributed by atoms with E-state index in [0.717, 1.165) is 0 Å². The van der Waals surface area contributed by atoms with E-state index in [0.29, 0.717) is 12.2 Å². The highest BCUT2D eigenvalue weighted by Crippen LogP contribution is 2.23. The number of nitrogens with two attached hydrogens (primary N) is 1. The summed E-state index contributed by atoms with van der Waals surface area (Å²) in [4.78, 5) is 0. The van der Waals surface area contributed by atoms with Crippen molar-refractivity contribution in [3.8, 4) is 0 Å². The molecule has 1 unspecified atom stereocenters. The first-order valence-electron chi connectivity index (χ1n) is 4.56. The van der Waals surface area contributed by atoms with Crippen molar-refractivity contribution in [2.75, 3.05) is 0 Å². The molecule has 0 saturated carbocycles. The van der Waals surface area contributed by atoms with E-state index in [1.165, 1.54) is 6.26 Å². The van der Waals surface area contributed by atoms with Crippen molar-refractivity contribution in [1.82, 2.24) is 5.43 Å². The van der Waals surface area contributed by atoms with E-state index in [4.69, 9.17) is 10.3 Å². The maximum Gasteiger partial charge on any atom is 0.389 e. The lowest BCUT2D eigenvalue weighted by molar-refractivity contribution is -0.136. The minimum atomic E-state index is -4.14. The van der Waals surface area contributed by atoms with Crippen LogP contribution in [0.25, 0.3) is 0 Å². The quantitative estimate of drug-likeness (QED) is 0.591. The molecule has 1 heterocycles. The molecule has 0 saturated heterocycles. The van der Waals surface area contributed by atoms with Gasteiger partial charge in [-0.1, -0.05) is 0 Å². The predicted octanol–water partition coefficient (Wildman–Crippen LogP) is 2.00. The van der Waals surface area contributed by atoms with E-state index in [1.54, 1.807) is 12.1 Å². The Balaban J connectivity index is 2.36. The van der Waals surface area contributed by atoms with Crippen LogP contribution in [0, 0.1) is 0 Å². The summed E-state index contributed by atoms with van der Waals surface area (Å²) in [6.45, 7) is 0. The van der Waals surface area contributed by atoms with E-state index in [1.807, 2.05) is 0 Å². The molecule has 3 N–H and O–H groups in total. The Bertz CT molecular complexity index is 271. The number of furan rings is 1. The fourth-order valence-electron chi connectivity index (χ4n) is 1.25. The summed E-state index contributed by atoms with van der Waals surface area (Å²) < 4.78 is 40.8. The minimum Gasteiger partial charge on any atom is -0.469 e. The fourth-order valence-corrected chi connectivity index (χ4v) is 1.25. The summed E-state index contributed by atoms with van der Waals surface area (Å²) in [5.41, 5.74) is 2.35. The third-order valence-electron chi connectivity index (χ3n) is 2.04. The van der Waals surface area contributed by atoms with Crippen LogP contribution >= 0.6 is 0 Å². The second-order valence-corrected chi connectivity index (χ2v) is 3.30. The van der Waals surface area contributed by atoms with E-state index in [-0.39, 0.29) is 6.42 Å². The van der Waals surface area contributed by atoms with Crippen LogP contribution in [0.3, 0.4) is 0 Å². The zero-order chi connectivity index (χ0) is 11.3. The molecule has 15 heavy (non-hydrogen) atoms. The summed E-state index contributed by atoms with van der Waals surface area (Å²) in [6, 6.07) is 2.97.